The molecular weight excluding hydrogens is 158 g/mol. The standard InChI is InChI=1S/C9H8ClN/c1-6-7-4-2-3-5-8(7)9(10)11-6/h2-5,11H,1H3. The number of halogens is 1. The highest BCUT2D eigenvalue weighted by Crippen LogP contribution is 2.24. The van der Waals surface area contributed by atoms with Gasteiger partial charge in [0.2, 0.25) is 0 Å². The molecule has 0 amide bonds. The van der Waals surface area contributed by atoms with Crippen molar-refractivity contribution in [3.63, 3.8) is 0 Å². The number of H-pyrrole nitrogens is 1. The van der Waals surface area contributed by atoms with E-state index in [1.807, 2.05) is 25.1 Å². The maximum Gasteiger partial charge on any atom is 0.114 e. The van der Waals surface area contributed by atoms with Crippen molar-refractivity contribution in [1.82, 2.24) is 4.98 Å². The van der Waals surface area contributed by atoms with Crippen LogP contribution in [0.2, 0.25) is 5.15 Å². The van der Waals surface area contributed by atoms with Gasteiger partial charge in [-0.25, -0.2) is 0 Å². The second-order valence-corrected chi connectivity index (χ2v) is 2.99. The van der Waals surface area contributed by atoms with Crippen LogP contribution < -0.4 is 0 Å². The van der Waals surface area contributed by atoms with Crippen molar-refractivity contribution in [2.45, 2.75) is 6.92 Å². The van der Waals surface area contributed by atoms with Crippen molar-refractivity contribution >= 4 is 22.4 Å². The summed E-state index contributed by atoms with van der Waals surface area (Å²) in [4.78, 5) is 3.08. The molecule has 0 bridgehead atoms. The second kappa shape index (κ2) is 2.28. The summed E-state index contributed by atoms with van der Waals surface area (Å²) in [6.45, 7) is 2.02. The van der Waals surface area contributed by atoms with Gasteiger partial charge in [-0.1, -0.05) is 35.9 Å². The Hall–Kier alpha value is -0.950. The third-order valence-corrected chi connectivity index (χ3v) is 2.16. The molecule has 1 nitrogen and oxygen atoms in total. The van der Waals surface area contributed by atoms with E-state index in [2.05, 4.69) is 11.1 Å². The van der Waals surface area contributed by atoms with Gasteiger partial charge in [0.25, 0.3) is 0 Å². The molecule has 0 aliphatic carbocycles. The van der Waals surface area contributed by atoms with Gasteiger partial charge in [-0.15, -0.1) is 0 Å². The van der Waals surface area contributed by atoms with Gasteiger partial charge in [0.1, 0.15) is 5.15 Å². The van der Waals surface area contributed by atoms with Gasteiger partial charge in [-0.05, 0) is 6.92 Å². The molecule has 1 N–H and O–H groups in total. The SMILES string of the molecule is Cc1[nH]c(Cl)c2ccccc12. The lowest BCUT2D eigenvalue weighted by Gasteiger charge is -1.87. The minimum absolute atomic E-state index is 0.734. The number of fused-ring (bicyclic) bond motifs is 1. The Kier molecular flexibility index (Phi) is 1.40. The summed E-state index contributed by atoms with van der Waals surface area (Å²) in [5.74, 6) is 0. The fourth-order valence-corrected chi connectivity index (χ4v) is 1.61. The van der Waals surface area contributed by atoms with Crippen LogP contribution in [0.15, 0.2) is 24.3 Å². The molecule has 0 saturated carbocycles. The molecule has 2 rings (SSSR count). The zero-order valence-corrected chi connectivity index (χ0v) is 6.94. The Bertz CT molecular complexity index is 353. The monoisotopic (exact) mass is 165 g/mol. The highest BCUT2D eigenvalue weighted by Gasteiger charge is 2.02. The molecule has 0 radical (unpaired) electrons. The predicted molar refractivity (Wildman–Crippen MR) is 48.0 cm³/mol. The molecule has 0 saturated heterocycles. The van der Waals surface area contributed by atoms with E-state index in [9.17, 15) is 0 Å². The van der Waals surface area contributed by atoms with E-state index in [1.54, 1.807) is 0 Å². The van der Waals surface area contributed by atoms with E-state index in [1.165, 1.54) is 5.39 Å². The first-order chi connectivity index (χ1) is 5.29. The van der Waals surface area contributed by atoms with E-state index in [0.717, 1.165) is 16.2 Å². The fourth-order valence-electron chi connectivity index (χ4n) is 1.30. The van der Waals surface area contributed by atoms with Crippen LogP contribution in [0.1, 0.15) is 5.69 Å². The summed E-state index contributed by atoms with van der Waals surface area (Å²) >= 11 is 5.92. The lowest BCUT2D eigenvalue weighted by Crippen LogP contribution is -1.67. The van der Waals surface area contributed by atoms with E-state index in [0.29, 0.717) is 0 Å². The molecule has 0 fully saturated rings. The van der Waals surface area contributed by atoms with E-state index < -0.39 is 0 Å². The van der Waals surface area contributed by atoms with Crippen molar-refractivity contribution < 1.29 is 0 Å². The van der Waals surface area contributed by atoms with Gasteiger partial charge < -0.3 is 4.98 Å². The average molecular weight is 166 g/mol. The fraction of sp³-hybridized carbons (Fsp3) is 0.111. The summed E-state index contributed by atoms with van der Waals surface area (Å²) in [7, 11) is 0. The van der Waals surface area contributed by atoms with Gasteiger partial charge in [-0.2, -0.15) is 0 Å². The van der Waals surface area contributed by atoms with Crippen molar-refractivity contribution in [2.24, 2.45) is 0 Å². The number of hydrogen-bond donors (Lipinski definition) is 1. The Labute approximate surface area is 70.0 Å². The van der Waals surface area contributed by atoms with Crippen molar-refractivity contribution in [1.29, 1.82) is 0 Å². The minimum Gasteiger partial charge on any atom is -0.349 e. The normalized spacial score (nSPS) is 10.7. The molecule has 11 heavy (non-hydrogen) atoms. The highest BCUT2D eigenvalue weighted by molar-refractivity contribution is 6.34. The summed E-state index contributed by atoms with van der Waals surface area (Å²) in [5.41, 5.74) is 1.13. The first-order valence-corrected chi connectivity index (χ1v) is 3.89. The summed E-state index contributed by atoms with van der Waals surface area (Å²) in [6, 6.07) is 8.08. The van der Waals surface area contributed by atoms with Gasteiger partial charge in [-0.3, -0.25) is 0 Å². The van der Waals surface area contributed by atoms with Crippen molar-refractivity contribution in [3.05, 3.63) is 35.1 Å². The van der Waals surface area contributed by atoms with E-state index >= 15 is 0 Å². The van der Waals surface area contributed by atoms with E-state index in [-0.39, 0.29) is 0 Å². The molecule has 0 spiro atoms. The molecule has 2 aromatic rings. The van der Waals surface area contributed by atoms with Crippen LogP contribution in [0, 0.1) is 6.92 Å². The maximum atomic E-state index is 5.92. The van der Waals surface area contributed by atoms with Crippen LogP contribution in [-0.4, -0.2) is 4.98 Å². The molecule has 0 aliphatic heterocycles. The van der Waals surface area contributed by atoms with Crippen LogP contribution >= 0.6 is 11.6 Å². The van der Waals surface area contributed by atoms with Crippen molar-refractivity contribution in [2.75, 3.05) is 0 Å². The number of aryl methyl sites for hydroxylation is 1. The molecule has 56 valence electrons. The van der Waals surface area contributed by atoms with Crippen LogP contribution in [0.5, 0.6) is 0 Å². The number of hydrogen-bond acceptors (Lipinski definition) is 0. The summed E-state index contributed by atoms with van der Waals surface area (Å²) in [6.07, 6.45) is 0. The lowest BCUT2D eigenvalue weighted by molar-refractivity contribution is 1.28. The number of rotatable bonds is 0. The number of benzene rings is 1. The largest absolute Gasteiger partial charge is 0.349 e. The maximum absolute atomic E-state index is 5.92. The third kappa shape index (κ3) is 0.925. The van der Waals surface area contributed by atoms with Gasteiger partial charge in [0, 0.05) is 16.5 Å². The first-order valence-electron chi connectivity index (χ1n) is 3.52. The summed E-state index contributed by atoms with van der Waals surface area (Å²) in [5, 5.41) is 3.04. The summed E-state index contributed by atoms with van der Waals surface area (Å²) < 4.78 is 0. The molecule has 0 aliphatic rings. The van der Waals surface area contributed by atoms with Gasteiger partial charge in [0.05, 0.1) is 0 Å². The Morgan fingerprint density at radius 2 is 1.82 bits per heavy atom. The van der Waals surface area contributed by atoms with Crippen LogP contribution in [0.3, 0.4) is 0 Å². The number of aromatic amines is 1. The van der Waals surface area contributed by atoms with Crippen LogP contribution in [0.25, 0.3) is 10.8 Å². The quantitative estimate of drug-likeness (QED) is 0.618. The lowest BCUT2D eigenvalue weighted by atomic mass is 10.2. The molecule has 0 unspecified atom stereocenters. The van der Waals surface area contributed by atoms with Crippen LogP contribution in [-0.2, 0) is 0 Å². The van der Waals surface area contributed by atoms with Gasteiger partial charge in [0.15, 0.2) is 0 Å². The molecule has 1 aromatic heterocycles. The number of aromatic nitrogens is 1. The first kappa shape index (κ1) is 6.74. The predicted octanol–water partition coefficient (Wildman–Crippen LogP) is 3.13. The third-order valence-electron chi connectivity index (χ3n) is 1.86. The topological polar surface area (TPSA) is 15.8 Å². The van der Waals surface area contributed by atoms with Crippen LogP contribution in [0.4, 0.5) is 0 Å². The molecule has 0 atom stereocenters. The van der Waals surface area contributed by atoms with Gasteiger partial charge >= 0.3 is 0 Å². The highest BCUT2D eigenvalue weighted by atomic mass is 35.5. The second-order valence-electron chi connectivity index (χ2n) is 2.61. The Morgan fingerprint density at radius 3 is 2.45 bits per heavy atom. The van der Waals surface area contributed by atoms with Crippen molar-refractivity contribution in [3.8, 4) is 0 Å². The Morgan fingerprint density at radius 1 is 1.18 bits per heavy atom. The Balaban J connectivity index is 2.95. The molecular formula is C9H8ClN. The number of nitrogens with one attached hydrogen (secondary N) is 1. The average Bonchev–Trinajstić information content (AvgIpc) is 2.30. The molecule has 2 heteroatoms. The zero-order valence-electron chi connectivity index (χ0n) is 6.19. The smallest absolute Gasteiger partial charge is 0.114 e. The molecule has 1 aromatic carbocycles. The minimum atomic E-state index is 0.734. The van der Waals surface area contributed by atoms with E-state index in [4.69, 9.17) is 11.6 Å². The molecule has 1 heterocycles. The zero-order chi connectivity index (χ0) is 7.84.